The molecule has 0 atom stereocenters. The summed E-state index contributed by atoms with van der Waals surface area (Å²) < 4.78 is 3.76. The Balaban J connectivity index is 1.70. The van der Waals surface area contributed by atoms with Crippen LogP contribution < -0.4 is 0 Å². The number of rotatable bonds is 5. The summed E-state index contributed by atoms with van der Waals surface area (Å²) in [6.07, 6.45) is 5.44. The second kappa shape index (κ2) is 6.22. The van der Waals surface area contributed by atoms with Gasteiger partial charge in [0.2, 0.25) is 0 Å². The Morgan fingerprint density at radius 3 is 2.88 bits per heavy atom. The molecule has 7 heteroatoms. The largest absolute Gasteiger partial charge is 0.335 e. The minimum absolute atomic E-state index is 0.614. The van der Waals surface area contributed by atoms with Crippen molar-refractivity contribution in [3.63, 3.8) is 0 Å². The number of hydrogen-bond acceptors (Lipinski definition) is 3. The fraction of sp³-hybridized carbons (Fsp3) is 0.167. The molecule has 0 radical (unpaired) electrons. The molecule has 0 unspecified atom stereocenters. The lowest BCUT2D eigenvalue weighted by Gasteiger charge is -2.03. The van der Waals surface area contributed by atoms with Gasteiger partial charge < -0.3 is 4.98 Å². The SMILES string of the molecule is C=CCn1ncc(-c2nc3c(cnn3Cc3cccc(Cl)c3)[nH]2)c1C. The Kier molecular flexibility index (Phi) is 3.89. The molecule has 0 amide bonds. The van der Waals surface area contributed by atoms with Gasteiger partial charge in [0.1, 0.15) is 11.3 Å². The summed E-state index contributed by atoms with van der Waals surface area (Å²) >= 11 is 6.07. The topological polar surface area (TPSA) is 64.3 Å². The number of imidazole rings is 1. The number of aromatic amines is 1. The predicted molar refractivity (Wildman–Crippen MR) is 98.6 cm³/mol. The van der Waals surface area contributed by atoms with Gasteiger partial charge in [-0.25, -0.2) is 9.67 Å². The smallest absolute Gasteiger partial charge is 0.177 e. The molecule has 0 aliphatic carbocycles. The van der Waals surface area contributed by atoms with Gasteiger partial charge in [0.15, 0.2) is 5.65 Å². The molecule has 0 bridgehead atoms. The van der Waals surface area contributed by atoms with Gasteiger partial charge in [0, 0.05) is 10.7 Å². The van der Waals surface area contributed by atoms with E-state index < -0.39 is 0 Å². The number of benzene rings is 1. The Morgan fingerprint density at radius 2 is 2.08 bits per heavy atom. The van der Waals surface area contributed by atoms with Crippen LogP contribution >= 0.6 is 11.6 Å². The van der Waals surface area contributed by atoms with Gasteiger partial charge in [-0.15, -0.1) is 6.58 Å². The Hall–Kier alpha value is -2.86. The molecule has 0 fully saturated rings. The van der Waals surface area contributed by atoms with Crippen molar-refractivity contribution < 1.29 is 0 Å². The standard InChI is InChI=1S/C18H17ClN6/c1-3-7-24-12(2)15(9-20-24)17-22-16-10-21-25(18(16)23-17)11-13-5-4-6-14(19)8-13/h3-6,8-10H,1,7,11H2,2H3,(H,22,23). The van der Waals surface area contributed by atoms with Crippen molar-refractivity contribution in [2.75, 3.05) is 0 Å². The average Bonchev–Trinajstić information content (AvgIpc) is 3.25. The van der Waals surface area contributed by atoms with E-state index in [0.29, 0.717) is 18.1 Å². The molecular formula is C18H17ClN6. The Bertz CT molecular complexity index is 1050. The first-order valence-corrected chi connectivity index (χ1v) is 8.33. The van der Waals surface area contributed by atoms with Crippen molar-refractivity contribution in [3.8, 4) is 11.4 Å². The summed E-state index contributed by atoms with van der Waals surface area (Å²) in [6.45, 7) is 7.07. The summed E-state index contributed by atoms with van der Waals surface area (Å²) in [6, 6.07) is 7.76. The summed E-state index contributed by atoms with van der Waals surface area (Å²) in [5, 5.41) is 9.52. The van der Waals surface area contributed by atoms with Crippen LogP contribution in [0.4, 0.5) is 0 Å². The monoisotopic (exact) mass is 352 g/mol. The number of halogens is 1. The van der Waals surface area contributed by atoms with Crippen molar-refractivity contribution in [1.29, 1.82) is 0 Å². The van der Waals surface area contributed by atoms with Gasteiger partial charge in [-0.2, -0.15) is 10.2 Å². The maximum absolute atomic E-state index is 6.07. The first-order chi connectivity index (χ1) is 12.2. The van der Waals surface area contributed by atoms with E-state index in [1.807, 2.05) is 52.8 Å². The summed E-state index contributed by atoms with van der Waals surface area (Å²) in [5.41, 5.74) is 4.81. The average molecular weight is 353 g/mol. The van der Waals surface area contributed by atoms with E-state index in [2.05, 4.69) is 21.8 Å². The van der Waals surface area contributed by atoms with Crippen molar-refractivity contribution in [2.45, 2.75) is 20.0 Å². The van der Waals surface area contributed by atoms with Gasteiger partial charge >= 0.3 is 0 Å². The predicted octanol–water partition coefficient (Wildman–Crippen LogP) is 3.82. The van der Waals surface area contributed by atoms with Gasteiger partial charge in [-0.1, -0.05) is 29.8 Å². The first kappa shape index (κ1) is 15.7. The molecule has 3 heterocycles. The van der Waals surface area contributed by atoms with Crippen LogP contribution in [0, 0.1) is 6.92 Å². The van der Waals surface area contributed by atoms with E-state index >= 15 is 0 Å². The van der Waals surface area contributed by atoms with Crippen LogP contribution in [0.2, 0.25) is 5.02 Å². The highest BCUT2D eigenvalue weighted by Crippen LogP contribution is 2.24. The van der Waals surface area contributed by atoms with Gasteiger partial charge in [0.05, 0.1) is 31.0 Å². The molecule has 0 saturated carbocycles. The van der Waals surface area contributed by atoms with Crippen LogP contribution in [0.25, 0.3) is 22.6 Å². The molecule has 0 spiro atoms. The van der Waals surface area contributed by atoms with Gasteiger partial charge in [0.25, 0.3) is 0 Å². The lowest BCUT2D eigenvalue weighted by molar-refractivity contribution is 0.680. The van der Waals surface area contributed by atoms with Crippen LogP contribution in [0.1, 0.15) is 11.3 Å². The minimum Gasteiger partial charge on any atom is -0.335 e. The highest BCUT2D eigenvalue weighted by molar-refractivity contribution is 6.30. The van der Waals surface area contributed by atoms with Crippen LogP contribution in [0.15, 0.2) is 49.3 Å². The number of nitrogens with one attached hydrogen (secondary N) is 1. The van der Waals surface area contributed by atoms with E-state index in [4.69, 9.17) is 16.6 Å². The fourth-order valence-electron chi connectivity index (χ4n) is 2.88. The molecule has 3 aromatic heterocycles. The van der Waals surface area contributed by atoms with Gasteiger partial charge in [-0.3, -0.25) is 4.68 Å². The Labute approximate surface area is 149 Å². The summed E-state index contributed by atoms with van der Waals surface area (Å²) in [4.78, 5) is 8.05. The van der Waals surface area contributed by atoms with Crippen LogP contribution in [-0.2, 0) is 13.1 Å². The maximum atomic E-state index is 6.07. The molecule has 25 heavy (non-hydrogen) atoms. The van der Waals surface area contributed by atoms with E-state index in [1.165, 1.54) is 0 Å². The Morgan fingerprint density at radius 1 is 1.24 bits per heavy atom. The zero-order valence-corrected chi connectivity index (χ0v) is 14.5. The van der Waals surface area contributed by atoms with Crippen LogP contribution in [0.3, 0.4) is 0 Å². The molecule has 0 saturated heterocycles. The third kappa shape index (κ3) is 2.85. The number of hydrogen-bond donors (Lipinski definition) is 1. The van der Waals surface area contributed by atoms with Crippen molar-refractivity contribution in [1.82, 2.24) is 29.5 Å². The highest BCUT2D eigenvalue weighted by Gasteiger charge is 2.15. The molecule has 1 aromatic carbocycles. The normalized spacial score (nSPS) is 11.3. The van der Waals surface area contributed by atoms with E-state index in [-0.39, 0.29) is 0 Å². The summed E-state index contributed by atoms with van der Waals surface area (Å²) in [7, 11) is 0. The maximum Gasteiger partial charge on any atom is 0.177 e. The van der Waals surface area contributed by atoms with Crippen molar-refractivity contribution in [2.24, 2.45) is 0 Å². The molecule has 0 aliphatic rings. The van der Waals surface area contributed by atoms with Gasteiger partial charge in [-0.05, 0) is 24.6 Å². The quantitative estimate of drug-likeness (QED) is 0.555. The lowest BCUT2D eigenvalue weighted by atomic mass is 10.2. The molecule has 0 aliphatic heterocycles. The van der Waals surface area contributed by atoms with Crippen molar-refractivity contribution >= 4 is 22.8 Å². The fourth-order valence-corrected chi connectivity index (χ4v) is 3.10. The number of aromatic nitrogens is 6. The zero-order chi connectivity index (χ0) is 17.4. The molecule has 1 N–H and O–H groups in total. The van der Waals surface area contributed by atoms with Crippen LogP contribution in [0.5, 0.6) is 0 Å². The second-order valence-corrected chi connectivity index (χ2v) is 6.31. The van der Waals surface area contributed by atoms with E-state index in [0.717, 1.165) is 33.8 Å². The third-order valence-corrected chi connectivity index (χ3v) is 4.40. The summed E-state index contributed by atoms with van der Waals surface area (Å²) in [5.74, 6) is 0.792. The molecule has 126 valence electrons. The zero-order valence-electron chi connectivity index (χ0n) is 13.8. The van der Waals surface area contributed by atoms with E-state index in [1.54, 1.807) is 6.20 Å². The molecule has 4 rings (SSSR count). The van der Waals surface area contributed by atoms with Crippen LogP contribution in [-0.4, -0.2) is 29.5 Å². The minimum atomic E-state index is 0.614. The molecule has 6 nitrogen and oxygen atoms in total. The molecule has 4 aromatic rings. The van der Waals surface area contributed by atoms with E-state index in [9.17, 15) is 0 Å². The highest BCUT2D eigenvalue weighted by atomic mass is 35.5. The second-order valence-electron chi connectivity index (χ2n) is 5.87. The number of nitrogens with zero attached hydrogens (tertiary/aromatic N) is 5. The number of allylic oxidation sites excluding steroid dienone is 1. The number of H-pyrrole nitrogens is 1. The molecular weight excluding hydrogens is 336 g/mol. The van der Waals surface area contributed by atoms with Crippen molar-refractivity contribution in [3.05, 3.63) is 65.6 Å². The number of fused-ring (bicyclic) bond motifs is 1. The third-order valence-electron chi connectivity index (χ3n) is 4.16. The first-order valence-electron chi connectivity index (χ1n) is 7.95. The lowest BCUT2D eigenvalue weighted by Crippen LogP contribution is -2.02.